The Morgan fingerprint density at radius 2 is 1.50 bits per heavy atom. The Morgan fingerprint density at radius 3 is 1.97 bits per heavy atom. The van der Waals surface area contributed by atoms with Gasteiger partial charge in [-0.1, -0.05) is 27.7 Å². The first kappa shape index (κ1) is 55.7. The van der Waals surface area contributed by atoms with Crippen LogP contribution >= 0.6 is 0 Å². The number of aliphatic hydroxyl groups excluding tert-OH is 3. The van der Waals surface area contributed by atoms with Crippen LogP contribution in [-0.2, 0) is 47.6 Å². The number of likely N-dealkylation sites (N-methyl/N-ethyl adjacent to an activating group) is 1. The molecule has 0 aromatic rings. The van der Waals surface area contributed by atoms with Crippen molar-refractivity contribution in [2.45, 2.75) is 205 Å². The van der Waals surface area contributed by atoms with Crippen LogP contribution < -0.4 is 0 Å². The van der Waals surface area contributed by atoms with E-state index in [0.717, 1.165) is 6.92 Å². The molecule has 0 aromatic heterocycles. The molecule has 3 fully saturated rings. The van der Waals surface area contributed by atoms with Gasteiger partial charge in [0, 0.05) is 37.8 Å². The molecule has 3 rings (SSSR count). The lowest BCUT2D eigenvalue weighted by Crippen LogP contribution is -2.62. The van der Waals surface area contributed by atoms with Gasteiger partial charge in [0.2, 0.25) is 0 Å². The summed E-state index contributed by atoms with van der Waals surface area (Å²) in [5, 5.41) is 74.0. The highest BCUT2D eigenvalue weighted by Crippen LogP contribution is 2.42. The quantitative estimate of drug-likeness (QED) is 0.147. The molecular weight excluding hydrogens is 821 g/mol. The van der Waals surface area contributed by atoms with E-state index >= 15 is 4.39 Å². The molecule has 3 aliphatic heterocycles. The minimum Gasteiger partial charge on any atom is -0.481 e. The van der Waals surface area contributed by atoms with E-state index in [9.17, 15) is 44.7 Å². The van der Waals surface area contributed by atoms with Crippen LogP contribution in [0.4, 0.5) is 4.39 Å². The van der Waals surface area contributed by atoms with Crippen LogP contribution in [0.2, 0.25) is 0 Å². The maximum Gasteiger partial charge on any atom is 0.311 e. The molecule has 19 atom stereocenters. The van der Waals surface area contributed by atoms with Gasteiger partial charge in [-0.05, 0) is 81.8 Å². The van der Waals surface area contributed by atoms with E-state index in [1.165, 1.54) is 34.8 Å². The molecular formula is C43H76FNO17. The van der Waals surface area contributed by atoms with Gasteiger partial charge in [-0.15, -0.1) is 0 Å². The third kappa shape index (κ3) is 13.3. The predicted molar refractivity (Wildman–Crippen MR) is 220 cm³/mol. The van der Waals surface area contributed by atoms with Crippen LogP contribution in [0.5, 0.6) is 0 Å². The molecule has 19 heteroatoms. The number of ether oxygens (including phenoxy) is 6. The first-order valence-corrected chi connectivity index (χ1v) is 21.5. The molecule has 0 radical (unpaired) electrons. The summed E-state index contributed by atoms with van der Waals surface area (Å²) in [5.74, 6) is -8.44. The minimum atomic E-state index is -2.77. The largest absolute Gasteiger partial charge is 0.481 e. The number of nitrogens with zero attached hydrogens (tertiary/aromatic N) is 1. The molecule has 7 N–H and O–H groups in total. The Morgan fingerprint density at radius 1 is 0.919 bits per heavy atom. The van der Waals surface area contributed by atoms with Crippen LogP contribution in [0.1, 0.15) is 115 Å². The van der Waals surface area contributed by atoms with Gasteiger partial charge in [-0.3, -0.25) is 19.2 Å². The van der Waals surface area contributed by atoms with Crippen molar-refractivity contribution < 1.29 is 87.7 Å². The minimum absolute atomic E-state index is 0.0296. The second-order valence-corrected chi connectivity index (χ2v) is 18.7. The number of aliphatic carboxylic acids is 2. The molecule has 0 aromatic carbocycles. The number of hydrogen-bond donors (Lipinski definition) is 7. The number of aliphatic hydroxyl groups is 5. The first-order chi connectivity index (χ1) is 28.3. The Labute approximate surface area is 365 Å². The average molecular weight is 898 g/mol. The van der Waals surface area contributed by atoms with E-state index in [0.29, 0.717) is 12.8 Å². The third-order valence-electron chi connectivity index (χ3n) is 13.0. The number of cyclic esters (lactones) is 1. The smallest absolute Gasteiger partial charge is 0.311 e. The maximum atomic E-state index is 16.8. The van der Waals surface area contributed by atoms with Crippen molar-refractivity contribution in [2.24, 2.45) is 23.7 Å². The van der Waals surface area contributed by atoms with Gasteiger partial charge in [0.25, 0.3) is 0 Å². The lowest BCUT2D eigenvalue weighted by molar-refractivity contribution is -0.318. The number of ketones is 1. The van der Waals surface area contributed by atoms with Crippen molar-refractivity contribution in [1.82, 2.24) is 4.90 Å². The summed E-state index contributed by atoms with van der Waals surface area (Å²) in [6, 6.07) is -0.405. The monoisotopic (exact) mass is 898 g/mol. The molecule has 1 unspecified atom stereocenters. The fourth-order valence-corrected chi connectivity index (χ4v) is 9.06. The molecule has 0 saturated carbocycles. The molecule has 3 saturated heterocycles. The van der Waals surface area contributed by atoms with Gasteiger partial charge in [0.15, 0.2) is 24.0 Å². The number of rotatable bonds is 11. The molecule has 0 spiro atoms. The van der Waals surface area contributed by atoms with Crippen LogP contribution in [0, 0.1) is 23.7 Å². The molecule has 62 heavy (non-hydrogen) atoms. The Balaban J connectivity index is 0.00000117. The highest BCUT2D eigenvalue weighted by molar-refractivity contribution is 5.89. The number of carbonyl (C=O) groups excluding carboxylic acids is 2. The van der Waals surface area contributed by atoms with E-state index in [-0.39, 0.29) is 25.4 Å². The predicted octanol–water partition coefficient (Wildman–Crippen LogP) is 2.45. The van der Waals surface area contributed by atoms with Crippen molar-refractivity contribution in [1.29, 1.82) is 0 Å². The second-order valence-electron chi connectivity index (χ2n) is 18.7. The first-order valence-electron chi connectivity index (χ1n) is 21.5. The Kier molecular flexibility index (Phi) is 19.9. The fourth-order valence-electron chi connectivity index (χ4n) is 9.06. The van der Waals surface area contributed by atoms with Gasteiger partial charge in [-0.25, -0.2) is 4.39 Å². The van der Waals surface area contributed by atoms with E-state index in [1.54, 1.807) is 48.7 Å². The van der Waals surface area contributed by atoms with Crippen molar-refractivity contribution >= 4 is 23.7 Å². The third-order valence-corrected chi connectivity index (χ3v) is 13.0. The number of methoxy groups -OCH3 is 1. The Hall–Kier alpha value is -2.43. The highest BCUT2D eigenvalue weighted by atomic mass is 19.1. The number of hydrogen-bond acceptors (Lipinski definition) is 16. The van der Waals surface area contributed by atoms with Crippen molar-refractivity contribution in [3.8, 4) is 0 Å². The normalized spacial score (nSPS) is 44.3. The topological polar surface area (TPSA) is 269 Å². The van der Waals surface area contributed by atoms with Crippen molar-refractivity contribution in [3.63, 3.8) is 0 Å². The number of carbonyl (C=O) groups is 4. The molecule has 3 aliphatic rings. The molecule has 3 heterocycles. The second kappa shape index (κ2) is 22.2. The Bertz CT molecular complexity index is 1500. The zero-order valence-corrected chi connectivity index (χ0v) is 38.9. The molecule has 0 bridgehead atoms. The fraction of sp³-hybridized carbons (Fsp3) is 0.907. The molecule has 0 aliphatic carbocycles. The zero-order valence-electron chi connectivity index (χ0n) is 38.9. The summed E-state index contributed by atoms with van der Waals surface area (Å²) < 4.78 is 53.4. The molecule has 18 nitrogen and oxygen atoms in total. The number of carboxylic acids is 2. The lowest BCUT2D eigenvalue weighted by atomic mass is 9.73. The lowest BCUT2D eigenvalue weighted by Gasteiger charge is -2.49. The van der Waals surface area contributed by atoms with Gasteiger partial charge >= 0.3 is 17.9 Å². The van der Waals surface area contributed by atoms with E-state index < -0.39 is 138 Å². The van der Waals surface area contributed by atoms with E-state index in [1.807, 2.05) is 11.8 Å². The molecule has 0 amide bonds. The van der Waals surface area contributed by atoms with Crippen molar-refractivity contribution in [3.05, 3.63) is 0 Å². The summed E-state index contributed by atoms with van der Waals surface area (Å²) in [5.41, 5.74) is -8.26. The SMILES string of the molecule is CCC(CC(=O)O)C(=O)O.CC[C@H]1OC(=O)[C@H](C)[C@@H](O[C@H]2C[C@@](C)(OC)[C@@H](O)[C@H](C)O2)[C@H](C)[C@@H](O[C@@H]2O[C@H](C)C[C@H](N(C)C)[C@H]2O)[C@](C)(O)C[C@](C)(F)C(=O)[C@H](C)[C@@H](O)[C@]1(C)O. The van der Waals surface area contributed by atoms with Gasteiger partial charge in [0.1, 0.15) is 23.9 Å². The van der Waals surface area contributed by atoms with Crippen LogP contribution in [-0.4, -0.2) is 175 Å². The maximum absolute atomic E-state index is 16.8. The number of alkyl halides is 1. The number of esters is 1. The molecule has 362 valence electrons. The summed E-state index contributed by atoms with van der Waals surface area (Å²) in [7, 11) is 5.04. The summed E-state index contributed by atoms with van der Waals surface area (Å²) in [6.07, 6.45) is -11.8. The standard InChI is InChI=1S/C37H66FNO13.C6H10O4/c1-14-24-37(10,46)29(42)21(5)28(41)34(7,38)17-35(8,45)31(52-33-26(40)23(39(11)12)15-18(2)48-33)19(3)27(20(4)32(44)50-24)51-25-16-36(9,47-13)30(43)22(6)49-25;1-2-4(6(9)10)3-5(7)8/h18-27,29-31,33,40,42-43,45-46H,14-17H2,1-13H3;4H,2-3H2,1H3,(H,7,8)(H,9,10)/t18-,19+,20-,21+,22+,23+,24-,25+,26-,27+,29-,30+,31-,33+,34+,35-,36-,37-;/m1./s1. The summed E-state index contributed by atoms with van der Waals surface area (Å²) in [4.78, 5) is 49.9. The van der Waals surface area contributed by atoms with Crippen LogP contribution in [0.3, 0.4) is 0 Å². The number of Topliss-reactive ketones (excluding diaryl/α,β-unsaturated/α-hetero) is 1. The zero-order chi connectivity index (χ0) is 48.0. The van der Waals surface area contributed by atoms with Gasteiger partial charge in [-0.2, -0.15) is 0 Å². The summed E-state index contributed by atoms with van der Waals surface area (Å²) >= 11 is 0. The number of carboxylic acid groups (broad SMARTS) is 2. The van der Waals surface area contributed by atoms with Gasteiger partial charge < -0.3 is 69.1 Å². The van der Waals surface area contributed by atoms with Gasteiger partial charge in [0.05, 0.1) is 60.0 Å². The average Bonchev–Trinajstić information content (AvgIpc) is 3.17. The highest BCUT2D eigenvalue weighted by Gasteiger charge is 2.56. The van der Waals surface area contributed by atoms with Crippen LogP contribution in [0.15, 0.2) is 0 Å². The van der Waals surface area contributed by atoms with Crippen molar-refractivity contribution in [2.75, 3.05) is 21.2 Å². The van der Waals surface area contributed by atoms with E-state index in [2.05, 4.69) is 0 Å². The van der Waals surface area contributed by atoms with E-state index in [4.69, 9.17) is 38.6 Å². The number of halogens is 1. The summed E-state index contributed by atoms with van der Waals surface area (Å²) in [6.45, 7) is 16.3. The van der Waals surface area contributed by atoms with Crippen LogP contribution in [0.25, 0.3) is 0 Å².